The van der Waals surface area contributed by atoms with Crippen LogP contribution < -0.4 is 5.32 Å². The standard InChI is InChI=1S/C7H13NO/c1-2-6-3-4-8-7(9)5-6/h6H,2-5H2,1H3,(H,8,9)/t6-/m0/s1. The Kier molecular flexibility index (Phi) is 2.09. The van der Waals surface area contributed by atoms with Crippen molar-refractivity contribution in [3.63, 3.8) is 0 Å². The van der Waals surface area contributed by atoms with Crippen molar-refractivity contribution in [3.05, 3.63) is 0 Å². The Morgan fingerprint density at radius 2 is 2.56 bits per heavy atom. The van der Waals surface area contributed by atoms with Crippen molar-refractivity contribution >= 4 is 5.91 Å². The van der Waals surface area contributed by atoms with Crippen molar-refractivity contribution in [2.45, 2.75) is 26.2 Å². The second kappa shape index (κ2) is 2.85. The molecule has 1 amide bonds. The second-order valence-corrected chi connectivity index (χ2v) is 2.62. The third kappa shape index (κ3) is 1.70. The molecule has 0 aliphatic carbocycles. The van der Waals surface area contributed by atoms with Crippen LogP contribution in [0.5, 0.6) is 0 Å². The highest BCUT2D eigenvalue weighted by molar-refractivity contribution is 5.76. The Hall–Kier alpha value is -0.530. The Morgan fingerprint density at radius 3 is 3.00 bits per heavy atom. The Morgan fingerprint density at radius 1 is 1.78 bits per heavy atom. The van der Waals surface area contributed by atoms with Gasteiger partial charge in [-0.25, -0.2) is 0 Å². The van der Waals surface area contributed by atoms with E-state index in [1.165, 1.54) is 6.42 Å². The summed E-state index contributed by atoms with van der Waals surface area (Å²) in [7, 11) is 0. The summed E-state index contributed by atoms with van der Waals surface area (Å²) in [5.41, 5.74) is 0. The Bertz CT molecular complexity index is 111. The molecule has 0 radical (unpaired) electrons. The summed E-state index contributed by atoms with van der Waals surface area (Å²) < 4.78 is 0. The molecular weight excluding hydrogens is 114 g/mol. The molecule has 1 N–H and O–H groups in total. The van der Waals surface area contributed by atoms with E-state index in [0.717, 1.165) is 19.4 Å². The first-order valence-electron chi connectivity index (χ1n) is 3.59. The van der Waals surface area contributed by atoms with Crippen molar-refractivity contribution in [1.82, 2.24) is 5.32 Å². The predicted molar refractivity (Wildman–Crippen MR) is 36.0 cm³/mol. The molecule has 2 heteroatoms. The number of carbonyl (C=O) groups excluding carboxylic acids is 1. The second-order valence-electron chi connectivity index (χ2n) is 2.62. The van der Waals surface area contributed by atoms with Gasteiger partial charge in [-0.2, -0.15) is 0 Å². The first-order valence-corrected chi connectivity index (χ1v) is 3.59. The minimum absolute atomic E-state index is 0.230. The molecule has 0 saturated carbocycles. The van der Waals surface area contributed by atoms with E-state index >= 15 is 0 Å². The zero-order valence-electron chi connectivity index (χ0n) is 5.81. The van der Waals surface area contributed by atoms with Gasteiger partial charge in [-0.15, -0.1) is 0 Å². The highest BCUT2D eigenvalue weighted by Crippen LogP contribution is 2.14. The molecule has 0 aromatic heterocycles. The van der Waals surface area contributed by atoms with Gasteiger partial charge in [0.05, 0.1) is 0 Å². The fourth-order valence-electron chi connectivity index (χ4n) is 1.20. The summed E-state index contributed by atoms with van der Waals surface area (Å²) in [5.74, 6) is 0.881. The monoisotopic (exact) mass is 127 g/mol. The molecule has 2 nitrogen and oxygen atoms in total. The van der Waals surface area contributed by atoms with Gasteiger partial charge in [0.15, 0.2) is 0 Å². The van der Waals surface area contributed by atoms with Gasteiger partial charge >= 0.3 is 0 Å². The van der Waals surface area contributed by atoms with Gasteiger partial charge in [-0.3, -0.25) is 4.79 Å². The average molecular weight is 127 g/mol. The largest absolute Gasteiger partial charge is 0.356 e. The number of piperidine rings is 1. The molecule has 1 aliphatic heterocycles. The van der Waals surface area contributed by atoms with Gasteiger partial charge in [0.25, 0.3) is 0 Å². The number of amides is 1. The van der Waals surface area contributed by atoms with Crippen molar-refractivity contribution in [2.75, 3.05) is 6.54 Å². The first-order chi connectivity index (χ1) is 4.33. The molecule has 1 rings (SSSR count). The van der Waals surface area contributed by atoms with E-state index in [2.05, 4.69) is 12.2 Å². The minimum Gasteiger partial charge on any atom is -0.356 e. The van der Waals surface area contributed by atoms with Crippen LogP contribution >= 0.6 is 0 Å². The summed E-state index contributed by atoms with van der Waals surface area (Å²) in [6.45, 7) is 3.03. The van der Waals surface area contributed by atoms with Crippen LogP contribution in [0.15, 0.2) is 0 Å². The molecule has 0 unspecified atom stereocenters. The van der Waals surface area contributed by atoms with E-state index in [4.69, 9.17) is 0 Å². The van der Waals surface area contributed by atoms with Gasteiger partial charge < -0.3 is 5.32 Å². The van der Waals surface area contributed by atoms with Crippen LogP contribution in [0, 0.1) is 5.92 Å². The molecule has 1 heterocycles. The lowest BCUT2D eigenvalue weighted by Crippen LogP contribution is -2.33. The van der Waals surface area contributed by atoms with E-state index in [1.807, 2.05) is 0 Å². The fourth-order valence-corrected chi connectivity index (χ4v) is 1.20. The van der Waals surface area contributed by atoms with E-state index in [1.54, 1.807) is 0 Å². The van der Waals surface area contributed by atoms with Crippen LogP contribution in [-0.4, -0.2) is 12.5 Å². The summed E-state index contributed by atoms with van der Waals surface area (Å²) >= 11 is 0. The number of rotatable bonds is 1. The first kappa shape index (κ1) is 6.59. The van der Waals surface area contributed by atoms with Crippen LogP contribution in [0.3, 0.4) is 0 Å². The fraction of sp³-hybridized carbons (Fsp3) is 0.857. The van der Waals surface area contributed by atoms with E-state index < -0.39 is 0 Å². The van der Waals surface area contributed by atoms with Gasteiger partial charge in [0.2, 0.25) is 5.91 Å². The zero-order chi connectivity index (χ0) is 6.69. The molecule has 52 valence electrons. The van der Waals surface area contributed by atoms with Gasteiger partial charge in [0.1, 0.15) is 0 Å². The lowest BCUT2D eigenvalue weighted by atomic mass is 9.95. The summed E-state index contributed by atoms with van der Waals surface area (Å²) in [5, 5.41) is 2.81. The van der Waals surface area contributed by atoms with Crippen molar-refractivity contribution in [2.24, 2.45) is 5.92 Å². The molecule has 0 spiro atoms. The molecule has 0 bridgehead atoms. The van der Waals surface area contributed by atoms with E-state index in [0.29, 0.717) is 5.92 Å². The number of carbonyl (C=O) groups is 1. The maximum Gasteiger partial charge on any atom is 0.220 e. The topological polar surface area (TPSA) is 29.1 Å². The predicted octanol–water partition coefficient (Wildman–Crippen LogP) is 0.923. The molecule has 0 aromatic carbocycles. The van der Waals surface area contributed by atoms with E-state index in [-0.39, 0.29) is 5.91 Å². The third-order valence-electron chi connectivity index (χ3n) is 1.93. The molecule has 0 aromatic rings. The van der Waals surface area contributed by atoms with Crippen LogP contribution in [0.1, 0.15) is 26.2 Å². The van der Waals surface area contributed by atoms with Crippen LogP contribution in [0.4, 0.5) is 0 Å². The Labute approximate surface area is 55.6 Å². The van der Waals surface area contributed by atoms with Crippen LogP contribution in [0.2, 0.25) is 0 Å². The normalized spacial score (nSPS) is 27.7. The molecular formula is C7H13NO. The Balaban J connectivity index is 2.32. The van der Waals surface area contributed by atoms with Crippen molar-refractivity contribution < 1.29 is 4.79 Å². The zero-order valence-corrected chi connectivity index (χ0v) is 5.81. The van der Waals surface area contributed by atoms with Crippen molar-refractivity contribution in [1.29, 1.82) is 0 Å². The van der Waals surface area contributed by atoms with Crippen LogP contribution in [-0.2, 0) is 4.79 Å². The quantitative estimate of drug-likeness (QED) is 0.557. The number of nitrogens with one attached hydrogen (secondary N) is 1. The number of hydrogen-bond donors (Lipinski definition) is 1. The van der Waals surface area contributed by atoms with Gasteiger partial charge in [0, 0.05) is 13.0 Å². The summed E-state index contributed by atoms with van der Waals surface area (Å²) in [4.78, 5) is 10.7. The van der Waals surface area contributed by atoms with Crippen LogP contribution in [0.25, 0.3) is 0 Å². The van der Waals surface area contributed by atoms with Gasteiger partial charge in [-0.1, -0.05) is 13.3 Å². The maximum absolute atomic E-state index is 10.7. The van der Waals surface area contributed by atoms with Gasteiger partial charge in [-0.05, 0) is 12.3 Å². The van der Waals surface area contributed by atoms with E-state index in [9.17, 15) is 4.79 Å². The highest BCUT2D eigenvalue weighted by atomic mass is 16.1. The lowest BCUT2D eigenvalue weighted by Gasteiger charge is -2.19. The van der Waals surface area contributed by atoms with Crippen molar-refractivity contribution in [3.8, 4) is 0 Å². The average Bonchev–Trinajstić information content (AvgIpc) is 1.88. The maximum atomic E-state index is 10.7. The molecule has 1 fully saturated rings. The smallest absolute Gasteiger partial charge is 0.220 e. The molecule has 1 saturated heterocycles. The number of hydrogen-bond acceptors (Lipinski definition) is 1. The highest BCUT2D eigenvalue weighted by Gasteiger charge is 2.16. The molecule has 9 heavy (non-hydrogen) atoms. The lowest BCUT2D eigenvalue weighted by molar-refractivity contribution is -0.123. The minimum atomic E-state index is 0.230. The molecule has 1 atom stereocenters. The summed E-state index contributed by atoms with van der Waals surface area (Å²) in [6.07, 6.45) is 3.06. The third-order valence-corrected chi connectivity index (χ3v) is 1.93. The SMILES string of the molecule is CC[C@H]1CCNC(=O)C1. The molecule has 1 aliphatic rings. The summed E-state index contributed by atoms with van der Waals surface area (Å²) in [6, 6.07) is 0.